The molecule has 1 fully saturated rings. The second-order valence-corrected chi connectivity index (χ2v) is 8.15. The number of nitrogens with zero attached hydrogens (tertiary/aromatic N) is 4. The highest BCUT2D eigenvalue weighted by Crippen LogP contribution is 2.25. The molecular weight excluding hydrogens is 372 g/mol. The van der Waals surface area contributed by atoms with Crippen LogP contribution in [0.25, 0.3) is 22.4 Å². The zero-order valence-corrected chi connectivity index (χ0v) is 17.0. The molecule has 3 heterocycles. The fourth-order valence-electron chi connectivity index (χ4n) is 4.10. The van der Waals surface area contributed by atoms with Crippen molar-refractivity contribution in [2.45, 2.75) is 45.4 Å². The van der Waals surface area contributed by atoms with Crippen LogP contribution in [0, 0.1) is 24.5 Å². The lowest BCUT2D eigenvalue weighted by molar-refractivity contribution is 0.209. The quantitative estimate of drug-likeness (QED) is 0.613. The standard InChI is InChI=1S/C22H27F2N5/c1-14-17(22-27-19-12-16(23)11-18(24)21(19)28-22)13-25-20(26-14)6-4-3-5-15-7-9-29(2)10-8-15/h11-13,15H,3-10H2,1-2H3,(H,27,28). The predicted molar refractivity (Wildman–Crippen MR) is 110 cm³/mol. The monoisotopic (exact) mass is 399 g/mol. The maximum atomic E-state index is 13.9. The molecule has 29 heavy (non-hydrogen) atoms. The van der Waals surface area contributed by atoms with E-state index in [1.807, 2.05) is 6.92 Å². The molecule has 1 aliphatic rings. The van der Waals surface area contributed by atoms with Gasteiger partial charge in [0.15, 0.2) is 5.82 Å². The molecule has 5 nitrogen and oxygen atoms in total. The number of rotatable bonds is 6. The van der Waals surface area contributed by atoms with Crippen LogP contribution in [-0.4, -0.2) is 45.0 Å². The molecule has 1 N–H and O–H groups in total. The molecule has 0 atom stereocenters. The van der Waals surface area contributed by atoms with Gasteiger partial charge in [-0.05, 0) is 58.3 Å². The zero-order valence-electron chi connectivity index (χ0n) is 17.0. The van der Waals surface area contributed by atoms with Gasteiger partial charge in [0.1, 0.15) is 23.0 Å². The van der Waals surface area contributed by atoms with Crippen LogP contribution in [0.1, 0.15) is 43.6 Å². The van der Waals surface area contributed by atoms with E-state index in [0.29, 0.717) is 16.9 Å². The first-order valence-corrected chi connectivity index (χ1v) is 10.4. The van der Waals surface area contributed by atoms with Crippen LogP contribution in [0.4, 0.5) is 8.78 Å². The van der Waals surface area contributed by atoms with E-state index in [9.17, 15) is 8.78 Å². The number of H-pyrrole nitrogens is 1. The van der Waals surface area contributed by atoms with Gasteiger partial charge >= 0.3 is 0 Å². The number of likely N-dealkylation sites (tertiary alicyclic amines) is 1. The minimum Gasteiger partial charge on any atom is -0.338 e. The number of piperidine rings is 1. The van der Waals surface area contributed by atoms with Crippen molar-refractivity contribution in [3.8, 4) is 11.4 Å². The van der Waals surface area contributed by atoms with E-state index in [-0.39, 0.29) is 5.52 Å². The van der Waals surface area contributed by atoms with E-state index >= 15 is 0 Å². The first-order valence-electron chi connectivity index (χ1n) is 10.4. The molecule has 0 bridgehead atoms. The van der Waals surface area contributed by atoms with Gasteiger partial charge in [-0.15, -0.1) is 0 Å². The van der Waals surface area contributed by atoms with Crippen LogP contribution in [0.15, 0.2) is 18.3 Å². The third-order valence-electron chi connectivity index (χ3n) is 5.89. The molecule has 7 heteroatoms. The number of benzene rings is 1. The normalized spacial score (nSPS) is 16.0. The lowest BCUT2D eigenvalue weighted by Gasteiger charge is -2.28. The third kappa shape index (κ3) is 4.61. The van der Waals surface area contributed by atoms with Crippen molar-refractivity contribution in [1.29, 1.82) is 0 Å². The minimum absolute atomic E-state index is 0.124. The highest BCUT2D eigenvalue weighted by Gasteiger charge is 2.16. The van der Waals surface area contributed by atoms with Gasteiger partial charge < -0.3 is 9.88 Å². The summed E-state index contributed by atoms with van der Waals surface area (Å²) in [7, 11) is 2.19. The smallest absolute Gasteiger partial charge is 0.153 e. The van der Waals surface area contributed by atoms with E-state index in [4.69, 9.17) is 0 Å². The maximum absolute atomic E-state index is 13.9. The number of nitrogens with one attached hydrogen (secondary N) is 1. The van der Waals surface area contributed by atoms with Gasteiger partial charge in [-0.25, -0.2) is 23.7 Å². The Balaban J connectivity index is 1.37. The van der Waals surface area contributed by atoms with Gasteiger partial charge in [0.05, 0.1) is 16.8 Å². The highest BCUT2D eigenvalue weighted by atomic mass is 19.1. The molecule has 0 saturated carbocycles. The van der Waals surface area contributed by atoms with Gasteiger partial charge in [0, 0.05) is 18.7 Å². The molecule has 0 aliphatic carbocycles. The van der Waals surface area contributed by atoms with Crippen molar-refractivity contribution >= 4 is 11.0 Å². The van der Waals surface area contributed by atoms with Gasteiger partial charge in [-0.3, -0.25) is 0 Å². The Morgan fingerprint density at radius 1 is 1.14 bits per heavy atom. The lowest BCUT2D eigenvalue weighted by atomic mass is 9.91. The fourth-order valence-corrected chi connectivity index (χ4v) is 4.10. The molecule has 3 aromatic rings. The third-order valence-corrected chi connectivity index (χ3v) is 5.89. The van der Waals surface area contributed by atoms with Crippen molar-refractivity contribution < 1.29 is 8.78 Å². The maximum Gasteiger partial charge on any atom is 0.153 e. The van der Waals surface area contributed by atoms with Gasteiger partial charge in [0.2, 0.25) is 0 Å². The number of imidazole rings is 1. The van der Waals surface area contributed by atoms with Crippen LogP contribution < -0.4 is 0 Å². The summed E-state index contributed by atoms with van der Waals surface area (Å²) >= 11 is 0. The zero-order chi connectivity index (χ0) is 20.4. The SMILES string of the molecule is Cc1nc(CCCCC2CCN(C)CC2)ncc1-c1nc2c(F)cc(F)cc2[nH]1. The molecule has 0 amide bonds. The Morgan fingerprint density at radius 2 is 1.93 bits per heavy atom. The Labute approximate surface area is 169 Å². The number of aromatic nitrogens is 4. The molecule has 2 aromatic heterocycles. The summed E-state index contributed by atoms with van der Waals surface area (Å²) in [6, 6.07) is 2.08. The van der Waals surface area contributed by atoms with Crippen LogP contribution >= 0.6 is 0 Å². The Kier molecular flexibility index (Phi) is 5.85. The van der Waals surface area contributed by atoms with E-state index in [2.05, 4.69) is 31.9 Å². The summed E-state index contributed by atoms with van der Waals surface area (Å²) in [4.78, 5) is 18.7. The van der Waals surface area contributed by atoms with Gasteiger partial charge in [-0.2, -0.15) is 0 Å². The fraction of sp³-hybridized carbons (Fsp3) is 0.500. The number of aromatic amines is 1. The summed E-state index contributed by atoms with van der Waals surface area (Å²) in [5.41, 5.74) is 1.94. The van der Waals surface area contributed by atoms with Crippen LogP contribution in [0.3, 0.4) is 0 Å². The van der Waals surface area contributed by atoms with Crippen LogP contribution in [-0.2, 0) is 6.42 Å². The average Bonchev–Trinajstić information content (AvgIpc) is 3.11. The van der Waals surface area contributed by atoms with Crippen molar-refractivity contribution in [3.05, 3.63) is 41.5 Å². The second kappa shape index (κ2) is 8.53. The number of unbranched alkanes of at least 4 members (excludes halogenated alkanes) is 1. The van der Waals surface area contributed by atoms with Crippen molar-refractivity contribution in [2.75, 3.05) is 20.1 Å². The van der Waals surface area contributed by atoms with Crippen molar-refractivity contribution in [3.63, 3.8) is 0 Å². The number of fused-ring (bicyclic) bond motifs is 1. The highest BCUT2D eigenvalue weighted by molar-refractivity contribution is 5.80. The Morgan fingerprint density at radius 3 is 2.69 bits per heavy atom. The van der Waals surface area contributed by atoms with E-state index in [1.165, 1.54) is 44.8 Å². The van der Waals surface area contributed by atoms with Gasteiger partial charge in [0.25, 0.3) is 0 Å². The Hall–Kier alpha value is -2.41. The summed E-state index contributed by atoms with van der Waals surface area (Å²) in [5.74, 6) is 0.824. The molecule has 1 aromatic carbocycles. The molecule has 0 radical (unpaired) electrons. The molecule has 0 spiro atoms. The molecule has 0 unspecified atom stereocenters. The second-order valence-electron chi connectivity index (χ2n) is 8.15. The summed E-state index contributed by atoms with van der Waals surface area (Å²) in [6.45, 7) is 4.32. The lowest BCUT2D eigenvalue weighted by Crippen LogP contribution is -2.30. The van der Waals surface area contributed by atoms with Crippen LogP contribution in [0.2, 0.25) is 0 Å². The first kappa shape index (κ1) is 19.9. The molecule has 4 rings (SSSR count). The summed E-state index contributed by atoms with van der Waals surface area (Å²) < 4.78 is 27.3. The molecular formula is C22H27F2N5. The Bertz CT molecular complexity index is 992. The molecule has 154 valence electrons. The number of hydrogen-bond donors (Lipinski definition) is 1. The minimum atomic E-state index is -0.678. The van der Waals surface area contributed by atoms with E-state index < -0.39 is 11.6 Å². The predicted octanol–water partition coefficient (Wildman–Crippen LogP) is 4.66. The van der Waals surface area contributed by atoms with E-state index in [0.717, 1.165) is 36.3 Å². The largest absolute Gasteiger partial charge is 0.338 e. The van der Waals surface area contributed by atoms with E-state index in [1.54, 1.807) is 6.20 Å². The van der Waals surface area contributed by atoms with Crippen molar-refractivity contribution in [2.24, 2.45) is 5.92 Å². The van der Waals surface area contributed by atoms with Crippen molar-refractivity contribution in [1.82, 2.24) is 24.8 Å². The summed E-state index contributed by atoms with van der Waals surface area (Å²) in [5, 5.41) is 0. The first-order chi connectivity index (χ1) is 14.0. The van der Waals surface area contributed by atoms with Gasteiger partial charge in [-0.1, -0.05) is 12.8 Å². The van der Waals surface area contributed by atoms with Crippen LogP contribution in [0.5, 0.6) is 0 Å². The number of halogens is 2. The number of aryl methyl sites for hydroxylation is 2. The number of hydrogen-bond acceptors (Lipinski definition) is 4. The average molecular weight is 399 g/mol. The summed E-state index contributed by atoms with van der Waals surface area (Å²) in [6.07, 6.45) is 8.76. The molecule has 1 saturated heterocycles. The topological polar surface area (TPSA) is 57.7 Å². The molecule has 1 aliphatic heterocycles.